The number of carbonyl (C=O) groups is 1. The van der Waals surface area contributed by atoms with E-state index < -0.39 is 23.2 Å². The van der Waals surface area contributed by atoms with E-state index in [-0.39, 0.29) is 11.3 Å². The van der Waals surface area contributed by atoms with Crippen LogP contribution < -0.4 is 10.9 Å². The number of carbonyl (C=O) groups excluding carboxylic acids is 1. The molecule has 0 fully saturated rings. The first-order valence-corrected chi connectivity index (χ1v) is 10.9. The highest BCUT2D eigenvalue weighted by molar-refractivity contribution is 7.99. The van der Waals surface area contributed by atoms with Crippen LogP contribution in [-0.4, -0.2) is 21.2 Å². The topological polar surface area (TPSA) is 64.0 Å². The minimum Gasteiger partial charge on any atom is -0.320 e. The van der Waals surface area contributed by atoms with E-state index in [1.807, 2.05) is 0 Å². The maximum absolute atomic E-state index is 13.7. The number of fused-ring (bicyclic) bond motifs is 1. The van der Waals surface area contributed by atoms with E-state index in [0.29, 0.717) is 22.6 Å². The molecule has 2 aromatic carbocycles. The third-order valence-electron chi connectivity index (χ3n) is 4.62. The molecule has 0 unspecified atom stereocenters. The fourth-order valence-electron chi connectivity index (χ4n) is 3.07. The molecule has 8 heteroatoms. The lowest BCUT2D eigenvalue weighted by atomic mass is 10.2. The molecule has 0 radical (unpaired) electrons. The van der Waals surface area contributed by atoms with Gasteiger partial charge in [0.05, 0.1) is 16.7 Å². The Balaban J connectivity index is 1.79. The van der Waals surface area contributed by atoms with Crippen LogP contribution in [0.15, 0.2) is 52.4 Å². The second-order valence-electron chi connectivity index (χ2n) is 6.86. The quantitative estimate of drug-likeness (QED) is 0.295. The lowest BCUT2D eigenvalue weighted by molar-refractivity contribution is -0.113. The summed E-state index contributed by atoms with van der Waals surface area (Å²) >= 11 is 1.07. The first-order valence-electron chi connectivity index (χ1n) is 9.87. The molecule has 3 aromatic rings. The SMILES string of the molecule is CCCCCCn1c(SCC(=O)Nc2c(F)cccc2F)nc2ccccc2c1=O. The molecule has 1 heterocycles. The van der Waals surface area contributed by atoms with E-state index in [0.717, 1.165) is 49.6 Å². The lowest BCUT2D eigenvalue weighted by Crippen LogP contribution is -2.24. The Morgan fingerprint density at radius 3 is 2.53 bits per heavy atom. The molecular formula is C22H23F2N3O2S. The summed E-state index contributed by atoms with van der Waals surface area (Å²) in [6.45, 7) is 2.62. The Kier molecular flexibility index (Phi) is 7.57. The highest BCUT2D eigenvalue weighted by Gasteiger charge is 2.15. The summed E-state index contributed by atoms with van der Waals surface area (Å²) in [5, 5.41) is 3.19. The predicted molar refractivity (Wildman–Crippen MR) is 116 cm³/mol. The van der Waals surface area contributed by atoms with Crippen molar-refractivity contribution in [3.63, 3.8) is 0 Å². The van der Waals surface area contributed by atoms with E-state index in [1.54, 1.807) is 28.8 Å². The van der Waals surface area contributed by atoms with Crippen LogP contribution >= 0.6 is 11.8 Å². The highest BCUT2D eigenvalue weighted by Crippen LogP contribution is 2.21. The number of halogens is 2. The van der Waals surface area contributed by atoms with Crippen LogP contribution in [0.5, 0.6) is 0 Å². The maximum atomic E-state index is 13.7. The van der Waals surface area contributed by atoms with Crippen LogP contribution in [-0.2, 0) is 11.3 Å². The van der Waals surface area contributed by atoms with Crippen molar-refractivity contribution in [3.8, 4) is 0 Å². The molecule has 0 spiro atoms. The number of unbranched alkanes of at least 4 members (excludes halogenated alkanes) is 3. The van der Waals surface area contributed by atoms with Gasteiger partial charge in [0, 0.05) is 6.54 Å². The molecule has 1 aromatic heterocycles. The van der Waals surface area contributed by atoms with Crippen molar-refractivity contribution in [2.45, 2.75) is 44.3 Å². The van der Waals surface area contributed by atoms with Gasteiger partial charge < -0.3 is 5.32 Å². The number of rotatable bonds is 9. The number of nitrogens with zero attached hydrogens (tertiary/aromatic N) is 2. The molecular weight excluding hydrogens is 408 g/mol. The van der Waals surface area contributed by atoms with Crippen LogP contribution in [0.2, 0.25) is 0 Å². The first kappa shape index (κ1) is 22.0. The molecule has 1 N–H and O–H groups in total. The smallest absolute Gasteiger partial charge is 0.262 e. The summed E-state index contributed by atoms with van der Waals surface area (Å²) in [6, 6.07) is 10.4. The van der Waals surface area contributed by atoms with E-state index in [4.69, 9.17) is 0 Å². The average Bonchev–Trinajstić information content (AvgIpc) is 2.74. The van der Waals surface area contributed by atoms with Gasteiger partial charge in [-0.1, -0.05) is 56.1 Å². The highest BCUT2D eigenvalue weighted by atomic mass is 32.2. The summed E-state index contributed by atoms with van der Waals surface area (Å²) in [7, 11) is 0. The van der Waals surface area contributed by atoms with Crippen LogP contribution in [0.3, 0.4) is 0 Å². The fourth-order valence-corrected chi connectivity index (χ4v) is 3.90. The monoisotopic (exact) mass is 431 g/mol. The average molecular weight is 432 g/mol. The fraction of sp³-hybridized carbons (Fsp3) is 0.318. The number of nitrogens with one attached hydrogen (secondary N) is 1. The van der Waals surface area contributed by atoms with Gasteiger partial charge in [0.2, 0.25) is 5.91 Å². The number of amides is 1. The summed E-state index contributed by atoms with van der Waals surface area (Å²) in [6.07, 6.45) is 3.98. The van der Waals surface area contributed by atoms with Crippen LogP contribution in [0.25, 0.3) is 10.9 Å². The van der Waals surface area contributed by atoms with Crippen molar-refractivity contribution in [2.24, 2.45) is 0 Å². The predicted octanol–water partition coefficient (Wildman–Crippen LogP) is 4.99. The number of anilines is 1. The van der Waals surface area contributed by atoms with Gasteiger partial charge in [-0.15, -0.1) is 0 Å². The zero-order valence-corrected chi connectivity index (χ0v) is 17.5. The normalized spacial score (nSPS) is 11.0. The van der Waals surface area contributed by atoms with Crippen LogP contribution in [0.4, 0.5) is 14.5 Å². The minimum absolute atomic E-state index is 0.131. The molecule has 0 aliphatic heterocycles. The Labute approximate surface area is 177 Å². The molecule has 3 rings (SSSR count). The van der Waals surface area contributed by atoms with Crippen molar-refractivity contribution in [1.82, 2.24) is 9.55 Å². The molecule has 30 heavy (non-hydrogen) atoms. The largest absolute Gasteiger partial charge is 0.320 e. The van der Waals surface area contributed by atoms with Crippen molar-refractivity contribution in [3.05, 3.63) is 64.5 Å². The summed E-state index contributed by atoms with van der Waals surface area (Å²) in [5.74, 6) is -2.40. The number of benzene rings is 2. The molecule has 0 aliphatic carbocycles. The van der Waals surface area contributed by atoms with Crippen molar-refractivity contribution in [2.75, 3.05) is 11.1 Å². The van der Waals surface area contributed by atoms with Gasteiger partial charge in [0.25, 0.3) is 5.56 Å². The molecule has 0 atom stereocenters. The van der Waals surface area contributed by atoms with Gasteiger partial charge in [-0.2, -0.15) is 0 Å². The van der Waals surface area contributed by atoms with E-state index in [2.05, 4.69) is 17.2 Å². The zero-order valence-electron chi connectivity index (χ0n) is 16.7. The maximum Gasteiger partial charge on any atom is 0.262 e. The van der Waals surface area contributed by atoms with Crippen LogP contribution in [0, 0.1) is 11.6 Å². The second-order valence-corrected chi connectivity index (χ2v) is 7.80. The van der Waals surface area contributed by atoms with E-state index in [9.17, 15) is 18.4 Å². The van der Waals surface area contributed by atoms with Gasteiger partial charge in [-0.3, -0.25) is 14.2 Å². The molecule has 158 valence electrons. The Morgan fingerprint density at radius 1 is 1.07 bits per heavy atom. The number of hydrogen-bond acceptors (Lipinski definition) is 4. The standard InChI is InChI=1S/C22H23F2N3O2S/c1-2-3-4-7-13-27-21(29)15-9-5-6-12-18(15)25-22(27)30-14-19(28)26-20-16(23)10-8-11-17(20)24/h5-6,8-12H,2-4,7,13-14H2,1H3,(H,26,28). The summed E-state index contributed by atoms with van der Waals surface area (Å²) < 4.78 is 29.1. The van der Waals surface area contributed by atoms with Gasteiger partial charge >= 0.3 is 0 Å². The summed E-state index contributed by atoms with van der Waals surface area (Å²) in [4.78, 5) is 29.8. The first-order chi connectivity index (χ1) is 14.5. The summed E-state index contributed by atoms with van der Waals surface area (Å²) in [5.41, 5.74) is -0.0814. The number of para-hydroxylation sites is 2. The van der Waals surface area contributed by atoms with Gasteiger partial charge in [-0.05, 0) is 30.7 Å². The lowest BCUT2D eigenvalue weighted by Gasteiger charge is -2.13. The Morgan fingerprint density at radius 2 is 1.80 bits per heavy atom. The third kappa shape index (κ3) is 5.24. The van der Waals surface area contributed by atoms with Gasteiger partial charge in [0.1, 0.15) is 17.3 Å². The zero-order chi connectivity index (χ0) is 21.5. The number of hydrogen-bond donors (Lipinski definition) is 1. The molecule has 0 aliphatic rings. The van der Waals surface area contributed by atoms with Crippen molar-refractivity contribution in [1.29, 1.82) is 0 Å². The minimum atomic E-state index is -0.843. The molecule has 0 saturated carbocycles. The Bertz CT molecular complexity index is 1080. The number of aromatic nitrogens is 2. The van der Waals surface area contributed by atoms with E-state index >= 15 is 0 Å². The molecule has 1 amide bonds. The molecule has 5 nitrogen and oxygen atoms in total. The van der Waals surface area contributed by atoms with E-state index in [1.165, 1.54) is 6.07 Å². The van der Waals surface area contributed by atoms with Crippen molar-refractivity contribution < 1.29 is 13.6 Å². The van der Waals surface area contributed by atoms with Crippen molar-refractivity contribution >= 4 is 34.3 Å². The third-order valence-corrected chi connectivity index (χ3v) is 5.60. The molecule has 0 bridgehead atoms. The Hall–Kier alpha value is -2.74. The number of thioether (sulfide) groups is 1. The van der Waals surface area contributed by atoms with Gasteiger partial charge in [-0.25, -0.2) is 13.8 Å². The molecule has 0 saturated heterocycles. The van der Waals surface area contributed by atoms with Crippen LogP contribution in [0.1, 0.15) is 32.6 Å². The van der Waals surface area contributed by atoms with Gasteiger partial charge in [0.15, 0.2) is 5.16 Å². The second kappa shape index (κ2) is 10.3.